The number of hydrogen-bond donors (Lipinski definition) is 0. The van der Waals surface area contributed by atoms with Gasteiger partial charge in [0.05, 0.1) is 12.2 Å². The van der Waals surface area contributed by atoms with Crippen LogP contribution in [0.4, 0.5) is 5.13 Å². The summed E-state index contributed by atoms with van der Waals surface area (Å²) in [4.78, 5) is 12.5. The third-order valence-electron chi connectivity index (χ3n) is 2.58. The van der Waals surface area contributed by atoms with E-state index in [4.69, 9.17) is 0 Å². The number of nitrogens with zero attached hydrogens (tertiary/aromatic N) is 5. The Hall–Kier alpha value is -2.47. The van der Waals surface area contributed by atoms with Crippen molar-refractivity contribution in [2.45, 2.75) is 6.54 Å². The summed E-state index contributed by atoms with van der Waals surface area (Å²) in [5, 5.41) is 10.9. The topological polar surface area (TPSA) is 63.4 Å². The highest BCUT2D eigenvalue weighted by atomic mass is 32.1. The van der Waals surface area contributed by atoms with Gasteiger partial charge in [-0.3, -0.25) is 9.97 Å². The molecule has 0 aliphatic rings. The molecule has 98 valence electrons. The minimum Gasteiger partial charge on any atom is -0.264 e. The molecule has 0 aliphatic carbocycles. The molecule has 3 aromatic heterocycles. The quantitative estimate of drug-likeness (QED) is 0.682. The van der Waals surface area contributed by atoms with E-state index in [-0.39, 0.29) is 0 Å². The molecule has 3 rings (SSSR count). The largest absolute Gasteiger partial charge is 0.264 e. The molecule has 3 heterocycles. The van der Waals surface area contributed by atoms with E-state index in [1.54, 1.807) is 24.8 Å². The van der Waals surface area contributed by atoms with Gasteiger partial charge < -0.3 is 0 Å². The van der Waals surface area contributed by atoms with Gasteiger partial charge in [0.2, 0.25) is 5.13 Å². The molecule has 0 saturated carbocycles. The van der Waals surface area contributed by atoms with Gasteiger partial charge in [-0.15, -0.1) is 16.5 Å². The Kier molecular flexibility index (Phi) is 3.84. The van der Waals surface area contributed by atoms with Gasteiger partial charge >= 0.3 is 0 Å². The van der Waals surface area contributed by atoms with Crippen LogP contribution in [0.25, 0.3) is 11.3 Å². The van der Waals surface area contributed by atoms with Crippen LogP contribution in [0.15, 0.2) is 64.7 Å². The maximum absolute atomic E-state index is 4.41. The number of pyridine rings is 2. The summed E-state index contributed by atoms with van der Waals surface area (Å²) in [5.41, 5.74) is 2.89. The fourth-order valence-electron chi connectivity index (χ4n) is 1.63. The van der Waals surface area contributed by atoms with Crippen molar-refractivity contribution < 1.29 is 0 Å². The van der Waals surface area contributed by atoms with Crippen molar-refractivity contribution in [2.24, 2.45) is 10.2 Å². The van der Waals surface area contributed by atoms with Crippen molar-refractivity contribution in [2.75, 3.05) is 0 Å². The average molecular weight is 281 g/mol. The Bertz CT molecular complexity index is 694. The fraction of sp³-hybridized carbons (Fsp3) is 0.0714. The number of thiazole rings is 1. The molecule has 3 aromatic rings. The number of rotatable bonds is 4. The maximum atomic E-state index is 4.41. The average Bonchev–Trinajstić information content (AvgIpc) is 2.98. The second-order valence-corrected chi connectivity index (χ2v) is 4.85. The number of aromatic nitrogens is 3. The second-order valence-electron chi connectivity index (χ2n) is 4.02. The Morgan fingerprint density at radius 3 is 2.65 bits per heavy atom. The maximum Gasteiger partial charge on any atom is 0.230 e. The monoisotopic (exact) mass is 281 g/mol. The molecule has 0 N–H and O–H groups in total. The van der Waals surface area contributed by atoms with Crippen molar-refractivity contribution in [3.8, 4) is 11.3 Å². The molecule has 0 radical (unpaired) electrons. The van der Waals surface area contributed by atoms with Crippen LogP contribution >= 0.6 is 11.3 Å². The standard InChI is InChI=1S/C14H11N5S/c1-3-11(7-15-5-1)8-17-19-14-18-13(10-20-14)12-4-2-6-16-9-12/h1-7,9-10H,8H2. The first-order valence-electron chi connectivity index (χ1n) is 6.04. The number of azo groups is 1. The zero-order valence-corrected chi connectivity index (χ0v) is 11.4. The van der Waals surface area contributed by atoms with Gasteiger partial charge in [-0.25, -0.2) is 4.98 Å². The Balaban J connectivity index is 1.69. The molecule has 0 atom stereocenters. The normalized spacial score (nSPS) is 11.0. The predicted octanol–water partition coefficient (Wildman–Crippen LogP) is 3.88. The zero-order valence-electron chi connectivity index (χ0n) is 10.5. The van der Waals surface area contributed by atoms with E-state index >= 15 is 0 Å². The molecule has 0 fully saturated rings. The lowest BCUT2D eigenvalue weighted by atomic mass is 10.2. The van der Waals surface area contributed by atoms with Gasteiger partial charge in [-0.05, 0) is 23.8 Å². The van der Waals surface area contributed by atoms with Crippen LogP contribution in [0.2, 0.25) is 0 Å². The van der Waals surface area contributed by atoms with Crippen molar-refractivity contribution in [1.82, 2.24) is 15.0 Å². The summed E-state index contributed by atoms with van der Waals surface area (Å²) in [6.07, 6.45) is 7.04. The summed E-state index contributed by atoms with van der Waals surface area (Å²) in [6.45, 7) is 0.510. The van der Waals surface area contributed by atoms with Gasteiger partial charge in [-0.1, -0.05) is 6.07 Å². The molecule has 0 bridgehead atoms. The SMILES string of the molecule is c1cncc(CN=Nc2nc(-c3cccnc3)cs2)c1. The summed E-state index contributed by atoms with van der Waals surface area (Å²) in [7, 11) is 0. The van der Waals surface area contributed by atoms with Crippen LogP contribution in [0, 0.1) is 0 Å². The molecule has 5 nitrogen and oxygen atoms in total. The van der Waals surface area contributed by atoms with E-state index in [0.29, 0.717) is 11.7 Å². The van der Waals surface area contributed by atoms with E-state index in [0.717, 1.165) is 16.8 Å². The summed E-state index contributed by atoms with van der Waals surface area (Å²) >= 11 is 1.46. The number of hydrogen-bond acceptors (Lipinski definition) is 6. The van der Waals surface area contributed by atoms with Gasteiger partial charge in [0.15, 0.2) is 0 Å². The van der Waals surface area contributed by atoms with Crippen molar-refractivity contribution in [3.05, 3.63) is 60.0 Å². The van der Waals surface area contributed by atoms with Crippen LogP contribution in [0.5, 0.6) is 0 Å². The van der Waals surface area contributed by atoms with Crippen LogP contribution in [0.1, 0.15) is 5.56 Å². The van der Waals surface area contributed by atoms with Crippen molar-refractivity contribution >= 4 is 16.5 Å². The molecule has 0 amide bonds. The Morgan fingerprint density at radius 2 is 1.90 bits per heavy atom. The van der Waals surface area contributed by atoms with E-state index in [1.807, 2.05) is 29.6 Å². The minimum absolute atomic E-state index is 0.510. The lowest BCUT2D eigenvalue weighted by molar-refractivity contribution is 0.946. The lowest BCUT2D eigenvalue weighted by Gasteiger charge is -1.93. The lowest BCUT2D eigenvalue weighted by Crippen LogP contribution is -1.80. The van der Waals surface area contributed by atoms with E-state index < -0.39 is 0 Å². The van der Waals surface area contributed by atoms with Gasteiger partial charge in [0.25, 0.3) is 0 Å². The van der Waals surface area contributed by atoms with Gasteiger partial charge in [0.1, 0.15) is 0 Å². The zero-order chi connectivity index (χ0) is 13.6. The van der Waals surface area contributed by atoms with Crippen molar-refractivity contribution in [3.63, 3.8) is 0 Å². The summed E-state index contributed by atoms with van der Waals surface area (Å²) in [5.74, 6) is 0. The molecule has 0 aromatic carbocycles. The van der Waals surface area contributed by atoms with Crippen LogP contribution < -0.4 is 0 Å². The smallest absolute Gasteiger partial charge is 0.230 e. The first-order chi connectivity index (χ1) is 9.92. The highest BCUT2D eigenvalue weighted by molar-refractivity contribution is 7.13. The third kappa shape index (κ3) is 3.10. The Labute approximate surface area is 120 Å². The molecule has 6 heteroatoms. The van der Waals surface area contributed by atoms with E-state index in [2.05, 4.69) is 25.2 Å². The first-order valence-corrected chi connectivity index (χ1v) is 6.92. The molecule has 20 heavy (non-hydrogen) atoms. The predicted molar refractivity (Wildman–Crippen MR) is 77.8 cm³/mol. The van der Waals surface area contributed by atoms with E-state index in [9.17, 15) is 0 Å². The van der Waals surface area contributed by atoms with Crippen LogP contribution in [0.3, 0.4) is 0 Å². The van der Waals surface area contributed by atoms with Crippen LogP contribution in [-0.2, 0) is 6.54 Å². The minimum atomic E-state index is 0.510. The summed E-state index contributed by atoms with van der Waals surface area (Å²) < 4.78 is 0. The third-order valence-corrected chi connectivity index (χ3v) is 3.31. The van der Waals surface area contributed by atoms with Crippen LogP contribution in [-0.4, -0.2) is 15.0 Å². The molecular weight excluding hydrogens is 270 g/mol. The highest BCUT2D eigenvalue weighted by Gasteiger charge is 2.03. The molecule has 0 aliphatic heterocycles. The second kappa shape index (κ2) is 6.12. The van der Waals surface area contributed by atoms with Gasteiger partial charge in [0, 0.05) is 35.7 Å². The van der Waals surface area contributed by atoms with Gasteiger partial charge in [-0.2, -0.15) is 5.11 Å². The molecule has 0 spiro atoms. The first kappa shape index (κ1) is 12.6. The highest BCUT2D eigenvalue weighted by Crippen LogP contribution is 2.26. The fourth-order valence-corrected chi connectivity index (χ4v) is 2.29. The molecule has 0 saturated heterocycles. The van der Waals surface area contributed by atoms with Crippen molar-refractivity contribution in [1.29, 1.82) is 0 Å². The summed E-state index contributed by atoms with van der Waals surface area (Å²) in [6, 6.07) is 7.71. The van der Waals surface area contributed by atoms with E-state index in [1.165, 1.54) is 11.3 Å². The molecular formula is C14H11N5S. The Morgan fingerprint density at radius 1 is 1.05 bits per heavy atom. The molecule has 0 unspecified atom stereocenters.